The number of carbonyl (C=O) groups excluding carboxylic acids is 2. The van der Waals surface area contributed by atoms with Crippen molar-refractivity contribution in [1.29, 1.82) is 0 Å². The predicted molar refractivity (Wildman–Crippen MR) is 80.1 cm³/mol. The summed E-state index contributed by atoms with van der Waals surface area (Å²) in [5.74, 6) is 0.277. The molecule has 0 N–H and O–H groups in total. The van der Waals surface area contributed by atoms with Crippen molar-refractivity contribution >= 4 is 33.3 Å². The summed E-state index contributed by atoms with van der Waals surface area (Å²) in [7, 11) is 0. The van der Waals surface area contributed by atoms with Crippen molar-refractivity contribution in [1.82, 2.24) is 0 Å². The Hall–Kier alpha value is -1.16. The fourth-order valence-electron chi connectivity index (χ4n) is 2.37. The summed E-state index contributed by atoms with van der Waals surface area (Å²) in [5.41, 5.74) is 2.81. The maximum atomic E-state index is 12.1. The van der Waals surface area contributed by atoms with Crippen LogP contribution < -0.4 is 4.90 Å². The van der Waals surface area contributed by atoms with Gasteiger partial charge in [0.2, 0.25) is 5.91 Å². The van der Waals surface area contributed by atoms with Gasteiger partial charge in [-0.15, -0.1) is 0 Å². The molecule has 0 unspecified atom stereocenters. The number of anilines is 1. The minimum atomic E-state index is 0.0820. The Morgan fingerprint density at radius 3 is 2.84 bits per heavy atom. The van der Waals surface area contributed by atoms with Crippen LogP contribution in [0.25, 0.3) is 0 Å². The number of Topliss-reactive ketones (excluding diaryl/α,β-unsaturated/α-hetero) is 1. The van der Waals surface area contributed by atoms with Gasteiger partial charge in [-0.25, -0.2) is 0 Å². The summed E-state index contributed by atoms with van der Waals surface area (Å²) in [6.45, 7) is 2.83. The SMILES string of the molecule is CCCCC(=O)N1CCc2cc(C(=O)CBr)ccc21. The van der Waals surface area contributed by atoms with E-state index in [1.54, 1.807) is 0 Å². The second-order valence-corrected chi connectivity index (χ2v) is 5.36. The van der Waals surface area contributed by atoms with Crippen LogP contribution in [0.2, 0.25) is 0 Å². The summed E-state index contributed by atoms with van der Waals surface area (Å²) >= 11 is 3.18. The van der Waals surface area contributed by atoms with Gasteiger partial charge in [0.15, 0.2) is 5.78 Å². The van der Waals surface area contributed by atoms with Crippen molar-refractivity contribution in [2.24, 2.45) is 0 Å². The minimum absolute atomic E-state index is 0.0820. The third kappa shape index (κ3) is 3.06. The molecule has 1 aromatic rings. The first-order valence-electron chi connectivity index (χ1n) is 6.69. The number of alkyl halides is 1. The van der Waals surface area contributed by atoms with Crippen LogP contribution in [0.4, 0.5) is 5.69 Å². The van der Waals surface area contributed by atoms with Gasteiger partial charge in [0, 0.05) is 24.2 Å². The van der Waals surface area contributed by atoms with Gasteiger partial charge in [-0.2, -0.15) is 0 Å². The number of carbonyl (C=O) groups is 2. The number of fused-ring (bicyclic) bond motifs is 1. The minimum Gasteiger partial charge on any atom is -0.312 e. The Morgan fingerprint density at radius 1 is 1.37 bits per heavy atom. The van der Waals surface area contributed by atoms with Crippen molar-refractivity contribution in [3.63, 3.8) is 0 Å². The molecule has 0 radical (unpaired) electrons. The van der Waals surface area contributed by atoms with Gasteiger partial charge in [-0.1, -0.05) is 29.3 Å². The molecule has 0 fully saturated rings. The van der Waals surface area contributed by atoms with E-state index in [0.29, 0.717) is 11.8 Å². The Bertz CT molecular complexity index is 499. The third-order valence-electron chi connectivity index (χ3n) is 3.46. The molecule has 1 heterocycles. The average Bonchev–Trinajstić information content (AvgIpc) is 2.86. The largest absolute Gasteiger partial charge is 0.312 e. The first kappa shape index (κ1) is 14.3. The van der Waals surface area contributed by atoms with Crippen LogP contribution in [0.15, 0.2) is 18.2 Å². The Labute approximate surface area is 122 Å². The molecule has 3 nitrogen and oxygen atoms in total. The molecule has 0 spiro atoms. The van der Waals surface area contributed by atoms with E-state index in [9.17, 15) is 9.59 Å². The Kier molecular flexibility index (Phi) is 4.75. The third-order valence-corrected chi connectivity index (χ3v) is 3.97. The summed E-state index contributed by atoms with van der Waals surface area (Å²) in [6, 6.07) is 5.64. The van der Waals surface area contributed by atoms with Gasteiger partial charge < -0.3 is 4.90 Å². The maximum absolute atomic E-state index is 12.1. The number of halogens is 1. The summed E-state index contributed by atoms with van der Waals surface area (Å²) < 4.78 is 0. The first-order chi connectivity index (χ1) is 9.17. The lowest BCUT2D eigenvalue weighted by atomic mass is 10.1. The molecule has 0 saturated carbocycles. The summed E-state index contributed by atoms with van der Waals surface area (Å²) in [6.07, 6.45) is 3.42. The Balaban J connectivity index is 2.17. The van der Waals surface area contributed by atoms with E-state index in [-0.39, 0.29) is 11.7 Å². The van der Waals surface area contributed by atoms with E-state index in [1.165, 1.54) is 0 Å². The van der Waals surface area contributed by atoms with Crippen LogP contribution in [0.1, 0.15) is 42.1 Å². The molecule has 1 aliphatic heterocycles. The lowest BCUT2D eigenvalue weighted by Gasteiger charge is -2.17. The standard InChI is InChI=1S/C15H18BrNO2/c1-2-3-4-15(19)17-8-7-11-9-12(14(18)10-16)5-6-13(11)17/h5-6,9H,2-4,7-8,10H2,1H3. The highest BCUT2D eigenvalue weighted by Crippen LogP contribution is 2.29. The molecule has 0 saturated heterocycles. The van der Waals surface area contributed by atoms with E-state index in [4.69, 9.17) is 0 Å². The van der Waals surface area contributed by atoms with Crippen molar-refractivity contribution < 1.29 is 9.59 Å². The van der Waals surface area contributed by atoms with Crippen molar-refractivity contribution in [3.05, 3.63) is 29.3 Å². The van der Waals surface area contributed by atoms with Gasteiger partial charge in [0.1, 0.15) is 0 Å². The van der Waals surface area contributed by atoms with Crippen molar-refractivity contribution in [2.75, 3.05) is 16.8 Å². The number of amides is 1. The number of benzene rings is 1. The molecule has 1 aliphatic rings. The van der Waals surface area contributed by atoms with Crippen LogP contribution in [-0.4, -0.2) is 23.6 Å². The quantitative estimate of drug-likeness (QED) is 0.615. The van der Waals surface area contributed by atoms with Gasteiger partial charge in [-0.05, 0) is 36.6 Å². The number of hydrogen-bond acceptors (Lipinski definition) is 2. The van der Waals surface area contributed by atoms with E-state index < -0.39 is 0 Å². The fraction of sp³-hybridized carbons (Fsp3) is 0.467. The Morgan fingerprint density at radius 2 is 2.16 bits per heavy atom. The van der Waals surface area contributed by atoms with Crippen LogP contribution in [-0.2, 0) is 11.2 Å². The molecule has 19 heavy (non-hydrogen) atoms. The zero-order chi connectivity index (χ0) is 13.8. The second kappa shape index (κ2) is 6.33. The topological polar surface area (TPSA) is 37.4 Å². The molecule has 4 heteroatoms. The molecule has 0 aromatic heterocycles. The highest BCUT2D eigenvalue weighted by atomic mass is 79.9. The highest BCUT2D eigenvalue weighted by molar-refractivity contribution is 9.09. The van der Waals surface area contributed by atoms with Crippen LogP contribution >= 0.6 is 15.9 Å². The number of nitrogens with zero attached hydrogens (tertiary/aromatic N) is 1. The number of hydrogen-bond donors (Lipinski definition) is 0. The predicted octanol–water partition coefficient (Wildman–Crippen LogP) is 3.34. The molecule has 0 bridgehead atoms. The number of ketones is 1. The van der Waals surface area contributed by atoms with Crippen molar-refractivity contribution in [2.45, 2.75) is 32.6 Å². The molecule has 102 valence electrons. The molecule has 1 amide bonds. The number of rotatable bonds is 5. The lowest BCUT2D eigenvalue weighted by Crippen LogP contribution is -2.28. The molecule has 0 atom stereocenters. The zero-order valence-electron chi connectivity index (χ0n) is 11.1. The monoisotopic (exact) mass is 323 g/mol. The fourth-order valence-corrected chi connectivity index (χ4v) is 2.70. The second-order valence-electron chi connectivity index (χ2n) is 4.80. The number of unbranched alkanes of at least 4 members (excludes halogenated alkanes) is 1. The average molecular weight is 324 g/mol. The lowest BCUT2D eigenvalue weighted by molar-refractivity contribution is -0.118. The van der Waals surface area contributed by atoms with E-state index in [0.717, 1.165) is 42.6 Å². The molecule has 1 aromatic carbocycles. The zero-order valence-corrected chi connectivity index (χ0v) is 12.7. The molecular formula is C15H18BrNO2. The van der Waals surface area contributed by atoms with Crippen molar-refractivity contribution in [3.8, 4) is 0 Å². The van der Waals surface area contributed by atoms with Gasteiger partial charge in [0.05, 0.1) is 5.33 Å². The normalized spacial score (nSPS) is 13.5. The van der Waals surface area contributed by atoms with E-state index in [2.05, 4.69) is 22.9 Å². The van der Waals surface area contributed by atoms with Crippen LogP contribution in [0.3, 0.4) is 0 Å². The van der Waals surface area contributed by atoms with E-state index >= 15 is 0 Å². The van der Waals surface area contributed by atoms with Crippen LogP contribution in [0.5, 0.6) is 0 Å². The molecule has 0 aliphatic carbocycles. The first-order valence-corrected chi connectivity index (χ1v) is 7.82. The van der Waals surface area contributed by atoms with Crippen LogP contribution in [0, 0.1) is 0 Å². The summed E-state index contributed by atoms with van der Waals surface area (Å²) in [4.78, 5) is 25.6. The van der Waals surface area contributed by atoms with Gasteiger partial charge >= 0.3 is 0 Å². The summed E-state index contributed by atoms with van der Waals surface area (Å²) in [5, 5.41) is 0.338. The smallest absolute Gasteiger partial charge is 0.226 e. The maximum Gasteiger partial charge on any atom is 0.226 e. The van der Waals surface area contributed by atoms with Gasteiger partial charge in [-0.3, -0.25) is 9.59 Å². The van der Waals surface area contributed by atoms with Gasteiger partial charge in [0.25, 0.3) is 0 Å². The molecular weight excluding hydrogens is 306 g/mol. The highest BCUT2D eigenvalue weighted by Gasteiger charge is 2.24. The van der Waals surface area contributed by atoms with E-state index in [1.807, 2.05) is 23.1 Å². The molecule has 2 rings (SSSR count).